The van der Waals surface area contributed by atoms with E-state index < -0.39 is 11.5 Å². The summed E-state index contributed by atoms with van der Waals surface area (Å²) < 4.78 is 0.938. The first-order valence-electron chi connectivity index (χ1n) is 7.40. The van der Waals surface area contributed by atoms with Crippen molar-refractivity contribution >= 4 is 15.9 Å². The van der Waals surface area contributed by atoms with Gasteiger partial charge in [-0.1, -0.05) is 58.4 Å². The summed E-state index contributed by atoms with van der Waals surface area (Å²) in [5, 5.41) is 11.1. The van der Waals surface area contributed by atoms with Gasteiger partial charge in [0.15, 0.2) is 0 Å². The number of halogens is 1. The van der Waals surface area contributed by atoms with Crippen LogP contribution in [0, 0.1) is 0 Å². The third-order valence-corrected chi connectivity index (χ3v) is 5.43. The van der Waals surface area contributed by atoms with Crippen molar-refractivity contribution in [3.05, 3.63) is 69.7 Å². The van der Waals surface area contributed by atoms with Gasteiger partial charge < -0.3 is 10.8 Å². The average molecular weight is 346 g/mol. The fraction of sp³-hybridized carbons (Fsp3) is 0.333. The predicted molar refractivity (Wildman–Crippen MR) is 89.2 cm³/mol. The largest absolute Gasteiger partial charge is 0.387 e. The Morgan fingerprint density at radius 1 is 1.14 bits per heavy atom. The number of nitrogens with two attached hydrogens (primary N) is 1. The Bertz CT molecular complexity index is 643. The van der Waals surface area contributed by atoms with Crippen LogP contribution in [0.4, 0.5) is 0 Å². The van der Waals surface area contributed by atoms with Crippen molar-refractivity contribution in [2.75, 3.05) is 6.54 Å². The first-order valence-corrected chi connectivity index (χ1v) is 8.19. The molecule has 0 fully saturated rings. The average Bonchev–Trinajstić information content (AvgIpc) is 2.54. The Morgan fingerprint density at radius 2 is 1.86 bits per heavy atom. The van der Waals surface area contributed by atoms with E-state index in [4.69, 9.17) is 5.73 Å². The summed E-state index contributed by atoms with van der Waals surface area (Å²) in [6.45, 7) is 0.451. The molecule has 3 N–H and O–H groups in total. The molecule has 2 unspecified atom stereocenters. The van der Waals surface area contributed by atoms with Gasteiger partial charge in [-0.3, -0.25) is 0 Å². The summed E-state index contributed by atoms with van der Waals surface area (Å²) in [5.74, 6) is 0. The second-order valence-electron chi connectivity index (χ2n) is 5.80. The molecule has 0 aromatic heterocycles. The molecule has 2 nitrogen and oxygen atoms in total. The van der Waals surface area contributed by atoms with E-state index in [0.29, 0.717) is 6.54 Å². The van der Waals surface area contributed by atoms with Gasteiger partial charge in [-0.15, -0.1) is 0 Å². The topological polar surface area (TPSA) is 46.2 Å². The molecule has 0 radical (unpaired) electrons. The predicted octanol–water partition coefficient (Wildman–Crippen LogP) is 3.72. The highest BCUT2D eigenvalue weighted by atomic mass is 79.9. The SMILES string of the molecule is NCC1(C(O)c2ccccc2Br)CCCc2ccccc21. The maximum absolute atomic E-state index is 11.1. The lowest BCUT2D eigenvalue weighted by Crippen LogP contribution is -2.44. The van der Waals surface area contributed by atoms with Crippen LogP contribution in [0.3, 0.4) is 0 Å². The maximum atomic E-state index is 11.1. The molecule has 0 amide bonds. The Balaban J connectivity index is 2.12. The minimum absolute atomic E-state index is 0.390. The highest BCUT2D eigenvalue weighted by Crippen LogP contribution is 2.46. The van der Waals surface area contributed by atoms with Crippen LogP contribution in [-0.2, 0) is 11.8 Å². The summed E-state index contributed by atoms with van der Waals surface area (Å²) >= 11 is 3.56. The molecule has 2 aromatic carbocycles. The monoisotopic (exact) mass is 345 g/mol. The number of hydrogen-bond acceptors (Lipinski definition) is 2. The van der Waals surface area contributed by atoms with Crippen LogP contribution < -0.4 is 5.73 Å². The zero-order valence-electron chi connectivity index (χ0n) is 11.9. The van der Waals surface area contributed by atoms with Crippen molar-refractivity contribution in [1.82, 2.24) is 0 Å². The van der Waals surface area contributed by atoms with Gasteiger partial charge in [-0.2, -0.15) is 0 Å². The summed E-state index contributed by atoms with van der Waals surface area (Å²) in [6, 6.07) is 16.3. The second kappa shape index (κ2) is 5.91. The van der Waals surface area contributed by atoms with Gasteiger partial charge in [0.05, 0.1) is 6.10 Å². The molecule has 0 heterocycles. The minimum atomic E-state index is -0.598. The molecular weight excluding hydrogens is 326 g/mol. The lowest BCUT2D eigenvalue weighted by atomic mass is 9.65. The number of hydrogen-bond donors (Lipinski definition) is 2. The fourth-order valence-electron chi connectivity index (χ4n) is 3.56. The van der Waals surface area contributed by atoms with Crippen LogP contribution >= 0.6 is 15.9 Å². The molecule has 1 aliphatic carbocycles. The van der Waals surface area contributed by atoms with Gasteiger partial charge in [0.2, 0.25) is 0 Å². The number of aliphatic hydroxyl groups is 1. The van der Waals surface area contributed by atoms with Crippen LogP contribution in [0.5, 0.6) is 0 Å². The van der Waals surface area contributed by atoms with E-state index in [1.54, 1.807) is 0 Å². The Labute approximate surface area is 134 Å². The van der Waals surface area contributed by atoms with Crippen molar-refractivity contribution in [3.63, 3.8) is 0 Å². The molecule has 0 spiro atoms. The van der Waals surface area contributed by atoms with Gasteiger partial charge in [0, 0.05) is 16.4 Å². The highest BCUT2D eigenvalue weighted by Gasteiger charge is 2.42. The zero-order chi connectivity index (χ0) is 14.9. The van der Waals surface area contributed by atoms with Crippen molar-refractivity contribution in [3.8, 4) is 0 Å². The second-order valence-corrected chi connectivity index (χ2v) is 6.65. The third kappa shape index (κ3) is 2.44. The van der Waals surface area contributed by atoms with E-state index in [-0.39, 0.29) is 0 Å². The summed E-state index contributed by atoms with van der Waals surface area (Å²) in [4.78, 5) is 0. The van der Waals surface area contributed by atoms with Gasteiger partial charge in [-0.25, -0.2) is 0 Å². The van der Waals surface area contributed by atoms with Crippen LogP contribution in [0.25, 0.3) is 0 Å². The molecule has 0 saturated carbocycles. The third-order valence-electron chi connectivity index (χ3n) is 4.71. The number of aliphatic hydroxyl groups excluding tert-OH is 1. The van der Waals surface area contributed by atoms with Crippen LogP contribution in [0.15, 0.2) is 53.0 Å². The van der Waals surface area contributed by atoms with Crippen molar-refractivity contribution in [1.29, 1.82) is 0 Å². The molecule has 2 atom stereocenters. The van der Waals surface area contributed by atoms with E-state index in [9.17, 15) is 5.11 Å². The van der Waals surface area contributed by atoms with Crippen molar-refractivity contribution in [2.24, 2.45) is 5.73 Å². The number of aryl methyl sites for hydroxylation is 1. The molecule has 110 valence electrons. The molecule has 0 saturated heterocycles. The Kier molecular flexibility index (Phi) is 4.16. The molecule has 0 aliphatic heterocycles. The maximum Gasteiger partial charge on any atom is 0.0909 e. The van der Waals surface area contributed by atoms with Gasteiger partial charge in [-0.05, 0) is 42.0 Å². The lowest BCUT2D eigenvalue weighted by Gasteiger charge is -2.42. The van der Waals surface area contributed by atoms with E-state index in [1.165, 1.54) is 11.1 Å². The molecule has 3 rings (SSSR count). The lowest BCUT2D eigenvalue weighted by molar-refractivity contribution is 0.0712. The zero-order valence-corrected chi connectivity index (χ0v) is 13.5. The smallest absolute Gasteiger partial charge is 0.0909 e. The molecule has 1 aliphatic rings. The van der Waals surface area contributed by atoms with Crippen molar-refractivity contribution < 1.29 is 5.11 Å². The van der Waals surface area contributed by atoms with Crippen LogP contribution in [0.1, 0.15) is 35.6 Å². The molecule has 0 bridgehead atoms. The molecule has 2 aromatic rings. The van der Waals surface area contributed by atoms with Crippen molar-refractivity contribution in [2.45, 2.75) is 30.8 Å². The van der Waals surface area contributed by atoms with Gasteiger partial charge in [0.1, 0.15) is 0 Å². The van der Waals surface area contributed by atoms with E-state index in [1.807, 2.05) is 30.3 Å². The molecule has 3 heteroatoms. The van der Waals surface area contributed by atoms with Gasteiger partial charge in [0.25, 0.3) is 0 Å². The minimum Gasteiger partial charge on any atom is -0.387 e. The summed E-state index contributed by atoms with van der Waals surface area (Å²) in [5.41, 5.74) is 9.22. The molecule has 21 heavy (non-hydrogen) atoms. The van der Waals surface area contributed by atoms with Crippen LogP contribution in [0.2, 0.25) is 0 Å². The van der Waals surface area contributed by atoms with E-state index in [0.717, 1.165) is 29.3 Å². The standard InChI is InChI=1S/C18H20BrNO/c19-16-10-4-2-8-14(16)17(21)18(12-20)11-5-7-13-6-1-3-9-15(13)18/h1-4,6,8-10,17,21H,5,7,11-12,20H2. The Morgan fingerprint density at radius 3 is 2.62 bits per heavy atom. The Hall–Kier alpha value is -1.16. The van der Waals surface area contributed by atoms with Crippen LogP contribution in [-0.4, -0.2) is 11.7 Å². The van der Waals surface area contributed by atoms with Gasteiger partial charge >= 0.3 is 0 Å². The summed E-state index contributed by atoms with van der Waals surface area (Å²) in [6.07, 6.45) is 2.46. The normalized spacial score (nSPS) is 22.6. The number of benzene rings is 2. The summed E-state index contributed by atoms with van der Waals surface area (Å²) in [7, 11) is 0. The number of fused-ring (bicyclic) bond motifs is 1. The highest BCUT2D eigenvalue weighted by molar-refractivity contribution is 9.10. The molecular formula is C18H20BrNO. The van der Waals surface area contributed by atoms with E-state index in [2.05, 4.69) is 34.1 Å². The van der Waals surface area contributed by atoms with E-state index >= 15 is 0 Å². The number of rotatable bonds is 3. The fourth-order valence-corrected chi connectivity index (χ4v) is 4.06. The first kappa shape index (κ1) is 14.8. The first-order chi connectivity index (χ1) is 10.2. The quantitative estimate of drug-likeness (QED) is 0.890.